The number of aryl methyl sites for hydroxylation is 1. The summed E-state index contributed by atoms with van der Waals surface area (Å²) >= 11 is 0. The van der Waals surface area contributed by atoms with Crippen molar-refractivity contribution in [3.63, 3.8) is 0 Å². The van der Waals surface area contributed by atoms with Gasteiger partial charge in [0.2, 0.25) is 5.56 Å². The molecule has 5 nitrogen and oxygen atoms in total. The van der Waals surface area contributed by atoms with Gasteiger partial charge in [0.05, 0.1) is 17.3 Å². The van der Waals surface area contributed by atoms with Crippen molar-refractivity contribution in [3.8, 4) is 0 Å². The van der Waals surface area contributed by atoms with Crippen molar-refractivity contribution in [1.29, 1.82) is 0 Å². The van der Waals surface area contributed by atoms with Crippen LogP contribution in [0.5, 0.6) is 0 Å². The smallest absolute Gasteiger partial charge is 0.253 e. The third-order valence-corrected chi connectivity index (χ3v) is 2.83. The fraction of sp³-hybridized carbons (Fsp3) is 0.214. The second-order valence-corrected chi connectivity index (χ2v) is 4.32. The van der Waals surface area contributed by atoms with Crippen LogP contribution in [-0.2, 0) is 7.05 Å². The average molecular weight is 257 g/mol. The monoisotopic (exact) mass is 257 g/mol. The Morgan fingerprint density at radius 1 is 1.32 bits per heavy atom. The second kappa shape index (κ2) is 5.48. The largest absolute Gasteiger partial charge is 0.344 e. The van der Waals surface area contributed by atoms with E-state index in [-0.39, 0.29) is 17.5 Å². The Labute approximate surface area is 110 Å². The molecule has 2 aromatic rings. The van der Waals surface area contributed by atoms with E-state index in [0.717, 1.165) is 5.69 Å². The summed E-state index contributed by atoms with van der Waals surface area (Å²) in [4.78, 5) is 27.5. The number of pyridine rings is 2. The minimum atomic E-state index is -0.228. The molecule has 0 bridgehead atoms. The van der Waals surface area contributed by atoms with Crippen LogP contribution in [0.1, 0.15) is 29.0 Å². The van der Waals surface area contributed by atoms with Crippen LogP contribution >= 0.6 is 0 Å². The molecule has 5 heteroatoms. The van der Waals surface area contributed by atoms with Crippen molar-refractivity contribution in [1.82, 2.24) is 14.9 Å². The Morgan fingerprint density at radius 2 is 2.11 bits per heavy atom. The first-order valence-electron chi connectivity index (χ1n) is 5.96. The van der Waals surface area contributed by atoms with Crippen molar-refractivity contribution < 1.29 is 4.79 Å². The molecule has 0 saturated heterocycles. The summed E-state index contributed by atoms with van der Waals surface area (Å²) in [5.74, 6) is -0.228. The van der Waals surface area contributed by atoms with E-state index in [1.54, 1.807) is 13.2 Å². The number of carbonyl (C=O) groups is 1. The van der Waals surface area contributed by atoms with Crippen LogP contribution < -0.4 is 10.9 Å². The highest BCUT2D eigenvalue weighted by Crippen LogP contribution is 2.09. The Hall–Kier alpha value is -2.43. The van der Waals surface area contributed by atoms with E-state index >= 15 is 0 Å². The first-order chi connectivity index (χ1) is 9.08. The van der Waals surface area contributed by atoms with Gasteiger partial charge in [-0.3, -0.25) is 14.6 Å². The summed E-state index contributed by atoms with van der Waals surface area (Å²) in [6, 6.07) is 8.25. The minimum Gasteiger partial charge on any atom is -0.344 e. The van der Waals surface area contributed by atoms with Crippen LogP contribution in [0, 0.1) is 0 Å². The number of nitrogens with one attached hydrogen (secondary N) is 1. The van der Waals surface area contributed by atoms with Crippen LogP contribution in [0.4, 0.5) is 0 Å². The van der Waals surface area contributed by atoms with Crippen LogP contribution in [0.15, 0.2) is 47.5 Å². The fourth-order valence-corrected chi connectivity index (χ4v) is 1.71. The van der Waals surface area contributed by atoms with Gasteiger partial charge in [-0.05, 0) is 25.1 Å². The summed E-state index contributed by atoms with van der Waals surface area (Å²) in [7, 11) is 1.61. The zero-order valence-corrected chi connectivity index (χ0v) is 10.8. The lowest BCUT2D eigenvalue weighted by atomic mass is 10.2. The lowest BCUT2D eigenvalue weighted by molar-refractivity contribution is 0.0938. The van der Waals surface area contributed by atoms with Gasteiger partial charge in [0.25, 0.3) is 5.91 Å². The molecule has 1 N–H and O–H groups in total. The molecule has 0 aliphatic rings. The van der Waals surface area contributed by atoms with E-state index in [4.69, 9.17) is 0 Å². The predicted octanol–water partition coefficient (Wildman–Crippen LogP) is 1.27. The van der Waals surface area contributed by atoms with E-state index in [0.29, 0.717) is 5.56 Å². The van der Waals surface area contributed by atoms with E-state index in [2.05, 4.69) is 10.3 Å². The lowest BCUT2D eigenvalue weighted by Crippen LogP contribution is -2.28. The summed E-state index contributed by atoms with van der Waals surface area (Å²) in [5.41, 5.74) is 1.10. The maximum Gasteiger partial charge on any atom is 0.253 e. The maximum atomic E-state index is 12.0. The van der Waals surface area contributed by atoms with Crippen LogP contribution in [0.25, 0.3) is 0 Å². The molecule has 2 heterocycles. The Bertz CT molecular complexity index is 635. The summed E-state index contributed by atoms with van der Waals surface area (Å²) in [6.45, 7) is 1.86. The van der Waals surface area contributed by atoms with Gasteiger partial charge in [0.1, 0.15) is 0 Å². The predicted molar refractivity (Wildman–Crippen MR) is 71.8 cm³/mol. The molecule has 0 aliphatic heterocycles. The number of rotatable bonds is 3. The van der Waals surface area contributed by atoms with E-state index in [1.165, 1.54) is 22.9 Å². The van der Waals surface area contributed by atoms with Gasteiger partial charge >= 0.3 is 0 Å². The van der Waals surface area contributed by atoms with Gasteiger partial charge in [0.15, 0.2) is 0 Å². The lowest BCUT2D eigenvalue weighted by Gasteiger charge is -2.13. The molecule has 0 spiro atoms. The zero-order valence-electron chi connectivity index (χ0n) is 10.8. The van der Waals surface area contributed by atoms with Gasteiger partial charge < -0.3 is 9.88 Å². The van der Waals surface area contributed by atoms with Crippen LogP contribution in [0.3, 0.4) is 0 Å². The van der Waals surface area contributed by atoms with Crippen molar-refractivity contribution in [3.05, 3.63) is 64.3 Å². The fourth-order valence-electron chi connectivity index (χ4n) is 1.71. The third kappa shape index (κ3) is 3.07. The van der Waals surface area contributed by atoms with Crippen LogP contribution in [0.2, 0.25) is 0 Å². The average Bonchev–Trinajstić information content (AvgIpc) is 2.42. The molecule has 1 atom stereocenters. The molecule has 1 amide bonds. The molecule has 0 unspecified atom stereocenters. The topological polar surface area (TPSA) is 64.0 Å². The van der Waals surface area contributed by atoms with Crippen LogP contribution in [-0.4, -0.2) is 15.5 Å². The Morgan fingerprint density at radius 3 is 2.74 bits per heavy atom. The van der Waals surface area contributed by atoms with E-state index < -0.39 is 0 Å². The highest BCUT2D eigenvalue weighted by molar-refractivity contribution is 5.94. The quantitative estimate of drug-likeness (QED) is 0.900. The number of nitrogens with zero attached hydrogens (tertiary/aromatic N) is 2. The second-order valence-electron chi connectivity index (χ2n) is 4.32. The molecule has 0 fully saturated rings. The number of carbonyl (C=O) groups excluding carboxylic acids is 1. The maximum absolute atomic E-state index is 12.0. The molecule has 0 aromatic carbocycles. The number of hydrogen-bond donors (Lipinski definition) is 1. The SMILES string of the molecule is C[C@@H](NC(=O)c1ccc(=O)n(C)c1)c1ccccn1. The van der Waals surface area contributed by atoms with Crippen molar-refractivity contribution in [2.45, 2.75) is 13.0 Å². The molecule has 98 valence electrons. The number of hydrogen-bond acceptors (Lipinski definition) is 3. The molecule has 0 radical (unpaired) electrons. The normalized spacial score (nSPS) is 11.9. The highest BCUT2D eigenvalue weighted by Gasteiger charge is 2.12. The molecular formula is C14H15N3O2. The first-order valence-corrected chi connectivity index (χ1v) is 5.96. The summed E-state index contributed by atoms with van der Waals surface area (Å²) in [6.07, 6.45) is 3.20. The third-order valence-electron chi connectivity index (χ3n) is 2.83. The van der Waals surface area contributed by atoms with Crippen molar-refractivity contribution in [2.75, 3.05) is 0 Å². The minimum absolute atomic E-state index is 0.144. The number of amides is 1. The molecule has 0 saturated carbocycles. The van der Waals surface area contributed by atoms with Crippen molar-refractivity contribution in [2.24, 2.45) is 7.05 Å². The standard InChI is InChI=1S/C14H15N3O2/c1-10(12-5-3-4-8-15-12)16-14(19)11-6-7-13(18)17(2)9-11/h3-10H,1-2H3,(H,16,19)/t10-/m1/s1. The summed E-state index contributed by atoms with van der Waals surface area (Å²) < 4.78 is 1.38. The molecular weight excluding hydrogens is 242 g/mol. The van der Waals surface area contributed by atoms with E-state index in [9.17, 15) is 9.59 Å². The number of aromatic nitrogens is 2. The molecule has 2 aromatic heterocycles. The highest BCUT2D eigenvalue weighted by atomic mass is 16.2. The van der Waals surface area contributed by atoms with E-state index in [1.807, 2.05) is 25.1 Å². The van der Waals surface area contributed by atoms with Crippen molar-refractivity contribution >= 4 is 5.91 Å². The van der Waals surface area contributed by atoms with Gasteiger partial charge in [-0.2, -0.15) is 0 Å². The van der Waals surface area contributed by atoms with Gasteiger partial charge in [-0.25, -0.2) is 0 Å². The molecule has 0 aliphatic carbocycles. The molecule has 19 heavy (non-hydrogen) atoms. The van der Waals surface area contributed by atoms with Gasteiger partial charge in [-0.15, -0.1) is 0 Å². The zero-order chi connectivity index (χ0) is 13.8. The first kappa shape index (κ1) is 13.0. The molecule has 2 rings (SSSR count). The Kier molecular flexibility index (Phi) is 3.75. The van der Waals surface area contributed by atoms with Gasteiger partial charge in [0, 0.05) is 25.5 Å². The summed E-state index contributed by atoms with van der Waals surface area (Å²) in [5, 5.41) is 2.84. The Balaban J connectivity index is 2.13. The van der Waals surface area contributed by atoms with Gasteiger partial charge in [-0.1, -0.05) is 6.07 Å².